The smallest absolute Gasteiger partial charge is 0.239 e. The van der Waals surface area contributed by atoms with Crippen LogP contribution in [0.4, 0.5) is 20.2 Å². The minimum Gasteiger partial charge on any atom is -0.481 e. The molecule has 0 radical (unpaired) electrons. The van der Waals surface area contributed by atoms with Gasteiger partial charge >= 0.3 is 0 Å². The second-order valence-corrected chi connectivity index (χ2v) is 10.2. The van der Waals surface area contributed by atoms with E-state index in [1.807, 2.05) is 0 Å². The molecule has 1 saturated heterocycles. The van der Waals surface area contributed by atoms with E-state index < -0.39 is 17.8 Å². The molecule has 0 aliphatic carbocycles. The van der Waals surface area contributed by atoms with Crippen LogP contribution in [0.15, 0.2) is 52.8 Å². The molecule has 226 valence electrons. The topological polar surface area (TPSA) is 155 Å². The number of hydrogen-bond acceptors (Lipinski definition) is 9. The van der Waals surface area contributed by atoms with Crippen LogP contribution in [-0.2, 0) is 9.59 Å². The molecule has 1 aliphatic heterocycles. The van der Waals surface area contributed by atoms with Gasteiger partial charge in [0.1, 0.15) is 35.4 Å². The molecule has 1 atom stereocenters. The molecule has 2 heterocycles. The first-order valence-corrected chi connectivity index (χ1v) is 13.6. The Morgan fingerprint density at radius 3 is 2.77 bits per heavy atom. The molecule has 15 heteroatoms. The number of amidine groups is 1. The average molecular weight is 633 g/mol. The lowest BCUT2D eigenvalue weighted by atomic mass is 10.1. The number of nitrogens with one attached hydrogen (secondary N) is 2. The lowest BCUT2D eigenvalue weighted by Gasteiger charge is -2.22. The molecule has 0 spiro atoms. The average Bonchev–Trinajstić information content (AvgIpc) is 3.52. The summed E-state index contributed by atoms with van der Waals surface area (Å²) in [6.07, 6.45) is 4.54. The van der Waals surface area contributed by atoms with Crippen molar-refractivity contribution in [2.24, 2.45) is 16.6 Å². The van der Waals surface area contributed by atoms with E-state index in [2.05, 4.69) is 15.3 Å². The van der Waals surface area contributed by atoms with Crippen LogP contribution in [-0.4, -0.2) is 54.0 Å². The van der Waals surface area contributed by atoms with Crippen LogP contribution in [0.3, 0.4) is 0 Å². The van der Waals surface area contributed by atoms with Gasteiger partial charge < -0.3 is 25.7 Å². The predicted molar refractivity (Wildman–Crippen MR) is 163 cm³/mol. The molecule has 43 heavy (non-hydrogen) atoms. The quantitative estimate of drug-likeness (QED) is 0.0773. The number of carbonyl (C=O) groups excluding carboxylic acids is 2. The minimum absolute atomic E-state index is 0.0679. The van der Waals surface area contributed by atoms with Crippen LogP contribution in [0, 0.1) is 11.8 Å². The van der Waals surface area contributed by atoms with Crippen molar-refractivity contribution in [2.75, 3.05) is 31.0 Å². The van der Waals surface area contributed by atoms with Crippen LogP contribution < -0.4 is 26.6 Å². The zero-order valence-electron chi connectivity index (χ0n) is 23.1. The maximum atomic E-state index is 15.4. The van der Waals surface area contributed by atoms with Gasteiger partial charge in [0.2, 0.25) is 5.95 Å². The van der Waals surface area contributed by atoms with Gasteiger partial charge in [0.15, 0.2) is 17.9 Å². The van der Waals surface area contributed by atoms with E-state index in [1.165, 1.54) is 29.4 Å². The Labute approximate surface area is 255 Å². The van der Waals surface area contributed by atoms with Gasteiger partial charge in [0, 0.05) is 42.7 Å². The fourth-order valence-corrected chi connectivity index (χ4v) is 4.99. The number of ether oxygens (including phenoxy) is 1. The summed E-state index contributed by atoms with van der Waals surface area (Å²) in [6.45, 7) is -0.376. The van der Waals surface area contributed by atoms with E-state index >= 15 is 8.78 Å². The number of aromatic amines is 1. The molecule has 2 aromatic carbocycles. The number of aromatic nitrogens is 2. The largest absolute Gasteiger partial charge is 0.481 e. The summed E-state index contributed by atoms with van der Waals surface area (Å²) in [6, 6.07) is 7.27. The molecule has 4 rings (SSSR count). The number of aliphatic imine (C=N–C) groups is 1. The molecule has 6 N–H and O–H groups in total. The number of halogens is 4. The summed E-state index contributed by atoms with van der Waals surface area (Å²) in [5, 5.41) is 4.26. The van der Waals surface area contributed by atoms with Crippen molar-refractivity contribution in [3.05, 3.63) is 75.9 Å². The maximum absolute atomic E-state index is 15.4. The Morgan fingerprint density at radius 2 is 2.09 bits per heavy atom. The number of hydrogen-bond donors (Lipinski definition) is 4. The number of carbonyl (C=O) groups is 2. The summed E-state index contributed by atoms with van der Waals surface area (Å²) in [7, 11) is 3.31. The highest BCUT2D eigenvalue weighted by Gasteiger charge is 2.32. The van der Waals surface area contributed by atoms with Crippen molar-refractivity contribution < 1.29 is 23.1 Å². The van der Waals surface area contributed by atoms with E-state index in [0.717, 1.165) is 0 Å². The van der Waals surface area contributed by atoms with Gasteiger partial charge in [-0.3, -0.25) is 14.6 Å². The Kier molecular flexibility index (Phi) is 10.0. The van der Waals surface area contributed by atoms with Crippen molar-refractivity contribution in [1.82, 2.24) is 14.9 Å². The SMILES string of the molecule is CNc1ccc(-c2[nH]c(C3CC/C(=N/C(=C\C=O)c4cc(Cl)ccc4N(N)/C=C(\N)Cl)N3C)nc2F)c(F)c1OCC=O. The molecule has 11 nitrogen and oxygen atoms in total. The molecule has 0 saturated carbocycles. The Balaban J connectivity index is 1.68. The Morgan fingerprint density at radius 1 is 1.33 bits per heavy atom. The van der Waals surface area contributed by atoms with Crippen molar-refractivity contribution in [3.63, 3.8) is 0 Å². The molecule has 1 aromatic heterocycles. The van der Waals surface area contributed by atoms with Gasteiger partial charge in [-0.25, -0.2) is 20.2 Å². The second-order valence-electron chi connectivity index (χ2n) is 9.28. The van der Waals surface area contributed by atoms with Crippen LogP contribution >= 0.6 is 23.2 Å². The summed E-state index contributed by atoms with van der Waals surface area (Å²) in [5.74, 6) is 4.93. The van der Waals surface area contributed by atoms with Crippen molar-refractivity contribution >= 4 is 58.7 Å². The number of aldehydes is 2. The summed E-state index contributed by atoms with van der Waals surface area (Å²) >= 11 is 12.0. The lowest BCUT2D eigenvalue weighted by Crippen LogP contribution is -2.26. The number of nitrogens with two attached hydrogens (primary N) is 2. The van der Waals surface area contributed by atoms with Gasteiger partial charge in [-0.2, -0.15) is 4.39 Å². The fraction of sp³-hybridized carbons (Fsp3) is 0.214. The van der Waals surface area contributed by atoms with Crippen LogP contribution in [0.2, 0.25) is 5.02 Å². The standard InChI is InChI=1S/C28H28Cl2F2N8O3/c1-35-19-5-4-16(24(31)26(19)43-12-11-42)25-27(32)38-28(37-25)21-7-8-23(39(21)2)36-18(9-10-41)17-13-15(29)3-6-20(17)40(34)14-22(30)33/h3-6,9-11,13-14,21,35H,7-8,12,33-34H2,1-2H3,(H,37,38)/b18-9-,22-14-,36-23-. The van der Waals surface area contributed by atoms with E-state index in [1.54, 1.807) is 37.2 Å². The van der Waals surface area contributed by atoms with Gasteiger partial charge in [-0.05, 0) is 36.8 Å². The van der Waals surface area contributed by atoms with Gasteiger partial charge in [-0.1, -0.05) is 23.2 Å². The van der Waals surface area contributed by atoms with E-state index in [0.29, 0.717) is 53.2 Å². The number of benzene rings is 2. The van der Waals surface area contributed by atoms with E-state index in [-0.39, 0.29) is 40.3 Å². The third-order valence-electron chi connectivity index (χ3n) is 6.69. The number of anilines is 2. The molecular weight excluding hydrogens is 605 g/mol. The number of hydrazine groups is 1. The number of rotatable bonds is 11. The molecule has 1 fully saturated rings. The molecular formula is C28H28Cl2F2N8O3. The highest BCUT2D eigenvalue weighted by Crippen LogP contribution is 2.38. The first-order chi connectivity index (χ1) is 20.6. The zero-order chi connectivity index (χ0) is 31.3. The second kappa shape index (κ2) is 13.7. The number of likely N-dealkylation sites (tertiary alicyclic amines) is 1. The number of allylic oxidation sites excluding steroid dienone is 1. The van der Waals surface area contributed by atoms with Crippen molar-refractivity contribution in [3.8, 4) is 17.0 Å². The van der Waals surface area contributed by atoms with E-state index in [9.17, 15) is 9.59 Å². The first-order valence-electron chi connectivity index (χ1n) is 12.8. The highest BCUT2D eigenvalue weighted by atomic mass is 35.5. The number of nitrogens with zero attached hydrogens (tertiary/aromatic N) is 4. The third-order valence-corrected chi connectivity index (χ3v) is 7.02. The number of H-pyrrole nitrogens is 1. The molecule has 0 amide bonds. The molecule has 1 aliphatic rings. The highest BCUT2D eigenvalue weighted by molar-refractivity contribution is 6.31. The molecule has 0 bridgehead atoms. The molecule has 1 unspecified atom stereocenters. The summed E-state index contributed by atoms with van der Waals surface area (Å²) in [5.41, 5.74) is 6.67. The lowest BCUT2D eigenvalue weighted by molar-refractivity contribution is -0.109. The number of imidazole rings is 1. The van der Waals surface area contributed by atoms with Crippen molar-refractivity contribution in [1.29, 1.82) is 0 Å². The first kappa shape index (κ1) is 31.5. The van der Waals surface area contributed by atoms with E-state index in [4.69, 9.17) is 44.5 Å². The van der Waals surface area contributed by atoms with Crippen LogP contribution in [0.25, 0.3) is 17.0 Å². The Bertz CT molecular complexity index is 1620. The van der Waals surface area contributed by atoms with Gasteiger partial charge in [-0.15, -0.1) is 0 Å². The summed E-state index contributed by atoms with van der Waals surface area (Å²) < 4.78 is 35.8. The third kappa shape index (κ3) is 6.79. The van der Waals surface area contributed by atoms with Crippen LogP contribution in [0.5, 0.6) is 5.75 Å². The van der Waals surface area contributed by atoms with Crippen LogP contribution in [0.1, 0.15) is 30.3 Å². The normalized spacial score (nSPS) is 16.5. The summed E-state index contributed by atoms with van der Waals surface area (Å²) in [4.78, 5) is 35.8. The predicted octanol–water partition coefficient (Wildman–Crippen LogP) is 4.71. The minimum atomic E-state index is -0.911. The maximum Gasteiger partial charge on any atom is 0.239 e. The Hall–Kier alpha value is -4.46. The van der Waals surface area contributed by atoms with Gasteiger partial charge in [0.25, 0.3) is 0 Å². The van der Waals surface area contributed by atoms with Gasteiger partial charge in [0.05, 0.1) is 29.3 Å². The van der Waals surface area contributed by atoms with Crippen molar-refractivity contribution in [2.45, 2.75) is 18.9 Å². The molecule has 3 aromatic rings. The zero-order valence-corrected chi connectivity index (χ0v) is 24.6. The monoisotopic (exact) mass is 632 g/mol. The fourth-order valence-electron chi connectivity index (χ4n) is 4.71.